The molecule has 2 N–H and O–H groups in total. The zero-order chi connectivity index (χ0) is 21.5. The molecule has 0 aliphatic carbocycles. The van der Waals surface area contributed by atoms with E-state index in [1.165, 1.54) is 66.7 Å². The molecule has 0 aromatic heterocycles. The molecule has 3 aromatic rings. The second-order valence-corrected chi connectivity index (χ2v) is 5.90. The fourth-order valence-electron chi connectivity index (χ4n) is 2.31. The maximum absolute atomic E-state index is 12.0. The maximum Gasteiger partial charge on any atom is 0.363 e. The number of rotatable bonds is 6. The van der Waals surface area contributed by atoms with Gasteiger partial charge in [-0.05, 0) is 48.5 Å². The first-order valence-electron chi connectivity index (χ1n) is 8.49. The topological polar surface area (TPSA) is 143 Å². The largest absolute Gasteiger partial charge is 0.508 e. The van der Waals surface area contributed by atoms with E-state index in [1.54, 1.807) is 0 Å². The summed E-state index contributed by atoms with van der Waals surface area (Å²) in [6.07, 6.45) is 0. The monoisotopic (exact) mass is 406 g/mol. The van der Waals surface area contributed by atoms with E-state index >= 15 is 0 Å². The van der Waals surface area contributed by atoms with Crippen LogP contribution in [0, 0.1) is 10.1 Å². The first-order chi connectivity index (χ1) is 14.4. The zero-order valence-corrected chi connectivity index (χ0v) is 15.3. The number of phenols is 1. The molecule has 0 saturated carbocycles. The molecule has 3 rings (SSSR count). The molecule has 3 aromatic carbocycles. The molecule has 0 atom stereocenters. The van der Waals surface area contributed by atoms with E-state index in [0.29, 0.717) is 11.4 Å². The SMILES string of the molecule is O=C(N=Nc1ccc(NOC(=O)c2cccc([N+](=O)[O-])c2)cc1)c1cccc(O)c1. The van der Waals surface area contributed by atoms with Crippen LogP contribution in [0.3, 0.4) is 0 Å². The van der Waals surface area contributed by atoms with Crippen LogP contribution in [-0.4, -0.2) is 21.9 Å². The molecule has 0 heterocycles. The standard InChI is InChI=1S/C20H14N4O6/c25-18-6-2-3-13(12-18)19(26)22-21-15-7-9-16(10-8-15)23-30-20(27)14-4-1-5-17(11-14)24(28)29/h1-12,23,25H. The Bertz CT molecular complexity index is 1130. The van der Waals surface area contributed by atoms with Gasteiger partial charge in [0.25, 0.3) is 11.6 Å². The van der Waals surface area contributed by atoms with Gasteiger partial charge < -0.3 is 9.94 Å². The number of anilines is 1. The van der Waals surface area contributed by atoms with Crippen molar-refractivity contribution in [2.24, 2.45) is 10.2 Å². The van der Waals surface area contributed by atoms with Gasteiger partial charge in [0.05, 0.1) is 21.9 Å². The predicted octanol–water partition coefficient (Wildman–Crippen LogP) is 4.41. The number of aromatic hydroxyl groups is 1. The summed E-state index contributed by atoms with van der Waals surface area (Å²) in [6, 6.07) is 17.0. The highest BCUT2D eigenvalue weighted by Crippen LogP contribution is 2.19. The van der Waals surface area contributed by atoms with Crippen LogP contribution in [0.1, 0.15) is 20.7 Å². The molecule has 0 bridgehead atoms. The van der Waals surface area contributed by atoms with E-state index in [2.05, 4.69) is 15.7 Å². The fourth-order valence-corrected chi connectivity index (χ4v) is 2.31. The molecule has 0 spiro atoms. The Balaban J connectivity index is 1.58. The van der Waals surface area contributed by atoms with E-state index in [0.717, 1.165) is 6.07 Å². The van der Waals surface area contributed by atoms with Crippen LogP contribution in [0.2, 0.25) is 0 Å². The fraction of sp³-hybridized carbons (Fsp3) is 0. The lowest BCUT2D eigenvalue weighted by Crippen LogP contribution is -2.10. The number of carbonyl (C=O) groups excluding carboxylic acids is 2. The van der Waals surface area contributed by atoms with Crippen LogP contribution in [0.15, 0.2) is 83.0 Å². The summed E-state index contributed by atoms with van der Waals surface area (Å²) < 4.78 is 0. The number of hydrogen-bond donors (Lipinski definition) is 2. The van der Waals surface area contributed by atoms with Gasteiger partial charge in [0.1, 0.15) is 5.75 Å². The van der Waals surface area contributed by atoms with Gasteiger partial charge >= 0.3 is 5.97 Å². The number of phenolic OH excluding ortho intramolecular Hbond substituents is 1. The number of nitro benzene ring substituents is 1. The molecular formula is C20H14N4O6. The normalized spacial score (nSPS) is 10.5. The van der Waals surface area contributed by atoms with Crippen LogP contribution in [0.25, 0.3) is 0 Å². The molecule has 1 amide bonds. The van der Waals surface area contributed by atoms with E-state index in [-0.39, 0.29) is 22.6 Å². The molecule has 0 fully saturated rings. The van der Waals surface area contributed by atoms with Gasteiger partial charge in [-0.25, -0.2) is 10.3 Å². The lowest BCUT2D eigenvalue weighted by atomic mass is 10.2. The molecule has 150 valence electrons. The van der Waals surface area contributed by atoms with Gasteiger partial charge in [-0.3, -0.25) is 14.9 Å². The van der Waals surface area contributed by atoms with Crippen molar-refractivity contribution < 1.29 is 24.5 Å². The number of carbonyl (C=O) groups is 2. The molecule has 0 radical (unpaired) electrons. The molecule has 30 heavy (non-hydrogen) atoms. The molecule has 10 heteroatoms. The van der Waals surface area contributed by atoms with E-state index < -0.39 is 16.8 Å². The quantitative estimate of drug-likeness (QED) is 0.350. The average Bonchev–Trinajstić information content (AvgIpc) is 2.76. The summed E-state index contributed by atoms with van der Waals surface area (Å²) in [5, 5.41) is 27.6. The van der Waals surface area contributed by atoms with Gasteiger partial charge in [-0.15, -0.1) is 10.2 Å². The van der Waals surface area contributed by atoms with Gasteiger partial charge in [0.15, 0.2) is 0 Å². The van der Waals surface area contributed by atoms with Crippen molar-refractivity contribution in [3.8, 4) is 5.75 Å². The molecule has 0 saturated heterocycles. The average molecular weight is 406 g/mol. The first-order valence-corrected chi connectivity index (χ1v) is 8.49. The van der Waals surface area contributed by atoms with Gasteiger partial charge in [-0.2, -0.15) is 0 Å². The number of non-ortho nitro benzene ring substituents is 1. The third kappa shape index (κ3) is 5.23. The number of hydrogen-bond acceptors (Lipinski definition) is 8. The Morgan fingerprint density at radius 3 is 2.37 bits per heavy atom. The van der Waals surface area contributed by atoms with Crippen molar-refractivity contribution in [1.29, 1.82) is 0 Å². The molecule has 10 nitrogen and oxygen atoms in total. The number of nitrogens with zero attached hydrogens (tertiary/aromatic N) is 3. The summed E-state index contributed by atoms with van der Waals surface area (Å²) in [7, 11) is 0. The molecule has 0 aliphatic heterocycles. The maximum atomic E-state index is 12.0. The number of nitro groups is 1. The van der Waals surface area contributed by atoms with Crippen molar-refractivity contribution in [2.75, 3.05) is 5.48 Å². The smallest absolute Gasteiger partial charge is 0.363 e. The molecular weight excluding hydrogens is 392 g/mol. The highest BCUT2D eigenvalue weighted by molar-refractivity contribution is 5.95. The van der Waals surface area contributed by atoms with Gasteiger partial charge in [0, 0.05) is 17.7 Å². The second-order valence-electron chi connectivity index (χ2n) is 5.90. The van der Waals surface area contributed by atoms with Crippen LogP contribution in [-0.2, 0) is 4.84 Å². The number of amides is 1. The summed E-state index contributed by atoms with van der Waals surface area (Å²) in [6.45, 7) is 0. The summed E-state index contributed by atoms with van der Waals surface area (Å²) in [5.74, 6) is -1.45. The Kier molecular flexibility index (Phi) is 6.08. The van der Waals surface area contributed by atoms with Crippen LogP contribution in [0.5, 0.6) is 5.75 Å². The lowest BCUT2D eigenvalue weighted by Gasteiger charge is -2.06. The minimum absolute atomic E-state index is 0.0209. The van der Waals surface area contributed by atoms with E-state index in [9.17, 15) is 24.8 Å². The van der Waals surface area contributed by atoms with Crippen molar-refractivity contribution in [3.63, 3.8) is 0 Å². The zero-order valence-electron chi connectivity index (χ0n) is 15.3. The van der Waals surface area contributed by atoms with Crippen molar-refractivity contribution in [3.05, 3.63) is 94.0 Å². The Labute approximate surface area is 169 Å². The lowest BCUT2D eigenvalue weighted by molar-refractivity contribution is -0.384. The first kappa shape index (κ1) is 20.1. The van der Waals surface area contributed by atoms with Crippen LogP contribution in [0.4, 0.5) is 17.1 Å². The second kappa shape index (κ2) is 9.06. The minimum atomic E-state index is -0.792. The summed E-state index contributed by atoms with van der Waals surface area (Å²) >= 11 is 0. The van der Waals surface area contributed by atoms with Gasteiger partial charge in [-0.1, -0.05) is 12.1 Å². The predicted molar refractivity (Wildman–Crippen MR) is 106 cm³/mol. The summed E-state index contributed by atoms with van der Waals surface area (Å²) in [5.41, 5.74) is 3.21. The highest BCUT2D eigenvalue weighted by atomic mass is 16.7. The van der Waals surface area contributed by atoms with Gasteiger partial charge in [0.2, 0.25) is 0 Å². The van der Waals surface area contributed by atoms with E-state index in [4.69, 9.17) is 4.84 Å². The number of azo groups is 1. The molecule has 0 aliphatic rings. The third-order valence-corrected chi connectivity index (χ3v) is 3.77. The Morgan fingerprint density at radius 1 is 0.967 bits per heavy atom. The highest BCUT2D eigenvalue weighted by Gasteiger charge is 2.13. The summed E-state index contributed by atoms with van der Waals surface area (Å²) in [4.78, 5) is 39.0. The minimum Gasteiger partial charge on any atom is -0.508 e. The van der Waals surface area contributed by atoms with Crippen LogP contribution >= 0.6 is 0 Å². The van der Waals surface area contributed by atoms with Crippen molar-refractivity contribution >= 4 is 28.9 Å². The Hall–Kier alpha value is -4.60. The molecule has 0 unspecified atom stereocenters. The third-order valence-electron chi connectivity index (χ3n) is 3.77. The Morgan fingerprint density at radius 2 is 1.67 bits per heavy atom. The number of nitrogens with one attached hydrogen (secondary N) is 1. The van der Waals surface area contributed by atoms with E-state index in [1.807, 2.05) is 0 Å². The number of benzene rings is 3. The van der Waals surface area contributed by atoms with Crippen LogP contribution < -0.4 is 5.48 Å². The van der Waals surface area contributed by atoms with Crippen molar-refractivity contribution in [2.45, 2.75) is 0 Å². The van der Waals surface area contributed by atoms with Crippen molar-refractivity contribution in [1.82, 2.24) is 0 Å².